The number of alkyl halides is 1. The van der Waals surface area contributed by atoms with E-state index in [1.807, 2.05) is 13.8 Å². The molecule has 0 spiro atoms. The van der Waals surface area contributed by atoms with Crippen molar-refractivity contribution in [1.29, 1.82) is 0 Å². The van der Waals surface area contributed by atoms with Crippen molar-refractivity contribution in [2.45, 2.75) is 51.3 Å². The predicted octanol–water partition coefficient (Wildman–Crippen LogP) is 2.27. The average molecular weight is 286 g/mol. The largest absolute Gasteiger partial charge is 0.217 e. The molecule has 0 amide bonds. The molecule has 86 valence electrons. The first-order chi connectivity index (χ1) is 6.08. The van der Waals surface area contributed by atoms with E-state index in [-0.39, 0.29) is 0 Å². The third kappa shape index (κ3) is 3.51. The number of sulfonamides is 1. The third-order valence-corrected chi connectivity index (χ3v) is 5.87. The summed E-state index contributed by atoms with van der Waals surface area (Å²) in [5.74, 6) is 0. The molecule has 14 heavy (non-hydrogen) atoms. The third-order valence-electron chi connectivity index (χ3n) is 2.26. The normalized spacial score (nSPS) is 17.9. The van der Waals surface area contributed by atoms with Crippen molar-refractivity contribution in [3.05, 3.63) is 0 Å². The first-order valence-corrected chi connectivity index (χ1v) is 7.28. The molecule has 1 N–H and O–H groups in total. The molecule has 0 aliphatic heterocycles. The van der Waals surface area contributed by atoms with Gasteiger partial charge in [-0.1, -0.05) is 22.9 Å². The number of rotatable bonds is 4. The van der Waals surface area contributed by atoms with Gasteiger partial charge in [0.15, 0.2) is 0 Å². The standard InChI is InChI=1S/C9H20BrNO2S/c1-6-9(5,7-10)11-14(12,13)8(2,3)4/h11H,6-7H2,1-5H3. The molecule has 3 nitrogen and oxygen atoms in total. The Morgan fingerprint density at radius 3 is 1.86 bits per heavy atom. The van der Waals surface area contributed by atoms with Gasteiger partial charge in [-0.05, 0) is 34.1 Å². The number of nitrogens with one attached hydrogen (secondary N) is 1. The maximum Gasteiger partial charge on any atom is 0.217 e. The average Bonchev–Trinajstić information content (AvgIpc) is 2.01. The monoisotopic (exact) mass is 285 g/mol. The summed E-state index contributed by atoms with van der Waals surface area (Å²) in [6.07, 6.45) is 0.758. The summed E-state index contributed by atoms with van der Waals surface area (Å²) in [6, 6.07) is 0. The summed E-state index contributed by atoms with van der Waals surface area (Å²) in [4.78, 5) is 0. The Hall–Kier alpha value is 0.390. The molecule has 0 fully saturated rings. The van der Waals surface area contributed by atoms with E-state index >= 15 is 0 Å². The molecule has 0 aliphatic carbocycles. The van der Waals surface area contributed by atoms with E-state index in [2.05, 4.69) is 20.7 Å². The molecule has 0 aromatic heterocycles. The second-order valence-electron chi connectivity index (χ2n) is 4.77. The molecule has 0 aromatic rings. The minimum Gasteiger partial charge on any atom is -0.212 e. The van der Waals surface area contributed by atoms with Crippen LogP contribution in [-0.2, 0) is 10.0 Å². The molecule has 0 aromatic carbocycles. The Kier molecular flexibility index (Phi) is 4.62. The van der Waals surface area contributed by atoms with Crippen LogP contribution in [-0.4, -0.2) is 24.0 Å². The number of hydrogen-bond donors (Lipinski definition) is 1. The van der Waals surface area contributed by atoms with Crippen LogP contribution in [0.1, 0.15) is 41.0 Å². The van der Waals surface area contributed by atoms with Crippen LogP contribution in [0.25, 0.3) is 0 Å². The topological polar surface area (TPSA) is 46.2 Å². The highest BCUT2D eigenvalue weighted by molar-refractivity contribution is 9.09. The van der Waals surface area contributed by atoms with Crippen LogP contribution in [0.2, 0.25) is 0 Å². The van der Waals surface area contributed by atoms with Crippen molar-refractivity contribution in [2.75, 3.05) is 5.33 Å². The van der Waals surface area contributed by atoms with Gasteiger partial charge in [0, 0.05) is 10.9 Å². The van der Waals surface area contributed by atoms with Crippen LogP contribution in [0, 0.1) is 0 Å². The smallest absolute Gasteiger partial charge is 0.212 e. The second kappa shape index (κ2) is 4.49. The van der Waals surface area contributed by atoms with Gasteiger partial charge < -0.3 is 0 Å². The lowest BCUT2D eigenvalue weighted by Crippen LogP contribution is -2.52. The van der Waals surface area contributed by atoms with E-state index < -0.39 is 20.3 Å². The van der Waals surface area contributed by atoms with Crippen LogP contribution >= 0.6 is 15.9 Å². The van der Waals surface area contributed by atoms with E-state index in [0.717, 1.165) is 6.42 Å². The molecule has 5 heteroatoms. The van der Waals surface area contributed by atoms with Crippen LogP contribution in [0.15, 0.2) is 0 Å². The molecule has 0 saturated heterocycles. The zero-order valence-corrected chi connectivity index (χ0v) is 11.9. The summed E-state index contributed by atoms with van der Waals surface area (Å²) in [5, 5.41) is 0.617. The van der Waals surface area contributed by atoms with Crippen LogP contribution < -0.4 is 4.72 Å². The van der Waals surface area contributed by atoms with Crippen molar-refractivity contribution in [1.82, 2.24) is 4.72 Å². The summed E-state index contributed by atoms with van der Waals surface area (Å²) in [6.45, 7) is 8.94. The predicted molar refractivity (Wildman–Crippen MR) is 64.3 cm³/mol. The summed E-state index contributed by atoms with van der Waals surface area (Å²) < 4.78 is 25.7. The Morgan fingerprint density at radius 1 is 1.21 bits per heavy atom. The van der Waals surface area contributed by atoms with E-state index in [1.165, 1.54) is 0 Å². The molecule has 1 unspecified atom stereocenters. The zero-order valence-electron chi connectivity index (χ0n) is 9.52. The fourth-order valence-electron chi connectivity index (χ4n) is 0.671. The van der Waals surface area contributed by atoms with E-state index in [9.17, 15) is 8.42 Å². The molecule has 0 heterocycles. The summed E-state index contributed by atoms with van der Waals surface area (Å²) in [5.41, 5.74) is -0.397. The Morgan fingerprint density at radius 2 is 1.64 bits per heavy atom. The highest BCUT2D eigenvalue weighted by Gasteiger charge is 2.35. The maximum atomic E-state index is 11.9. The van der Waals surface area contributed by atoms with Crippen LogP contribution in [0.5, 0.6) is 0 Å². The molecule has 0 saturated carbocycles. The second-order valence-corrected chi connectivity index (χ2v) is 7.76. The van der Waals surface area contributed by atoms with Crippen molar-refractivity contribution < 1.29 is 8.42 Å². The summed E-state index contributed by atoms with van der Waals surface area (Å²) >= 11 is 3.32. The van der Waals surface area contributed by atoms with Gasteiger partial charge in [-0.15, -0.1) is 0 Å². The summed E-state index contributed by atoms with van der Waals surface area (Å²) in [7, 11) is -3.26. The molecule has 0 bridgehead atoms. The lowest BCUT2D eigenvalue weighted by atomic mass is 10.0. The lowest BCUT2D eigenvalue weighted by molar-refractivity contribution is 0.438. The van der Waals surface area contributed by atoms with Gasteiger partial charge in [-0.3, -0.25) is 0 Å². The van der Waals surface area contributed by atoms with Crippen molar-refractivity contribution in [2.24, 2.45) is 0 Å². The van der Waals surface area contributed by atoms with Crippen molar-refractivity contribution >= 4 is 26.0 Å². The minimum atomic E-state index is -3.26. The fraction of sp³-hybridized carbons (Fsp3) is 1.00. The van der Waals surface area contributed by atoms with Gasteiger partial charge in [0.25, 0.3) is 0 Å². The zero-order chi connectivity index (χ0) is 11.6. The molecular weight excluding hydrogens is 266 g/mol. The van der Waals surface area contributed by atoms with Crippen LogP contribution in [0.4, 0.5) is 0 Å². The highest BCUT2D eigenvalue weighted by Crippen LogP contribution is 2.20. The first kappa shape index (κ1) is 14.4. The van der Waals surface area contributed by atoms with Gasteiger partial charge in [-0.25, -0.2) is 13.1 Å². The van der Waals surface area contributed by atoms with Gasteiger partial charge in [0.1, 0.15) is 0 Å². The number of hydrogen-bond acceptors (Lipinski definition) is 2. The van der Waals surface area contributed by atoms with Crippen molar-refractivity contribution in [3.8, 4) is 0 Å². The molecule has 1 atom stereocenters. The van der Waals surface area contributed by atoms with Crippen molar-refractivity contribution in [3.63, 3.8) is 0 Å². The first-order valence-electron chi connectivity index (χ1n) is 4.67. The Labute approximate surface area is 95.8 Å². The van der Waals surface area contributed by atoms with Gasteiger partial charge in [0.05, 0.1) is 4.75 Å². The Balaban J connectivity index is 4.85. The van der Waals surface area contributed by atoms with E-state index in [0.29, 0.717) is 5.33 Å². The lowest BCUT2D eigenvalue weighted by Gasteiger charge is -2.31. The molecular formula is C9H20BrNO2S. The SMILES string of the molecule is CCC(C)(CBr)NS(=O)(=O)C(C)(C)C. The maximum absolute atomic E-state index is 11.9. The number of halogens is 1. The minimum absolute atomic E-state index is 0.397. The highest BCUT2D eigenvalue weighted by atomic mass is 79.9. The van der Waals surface area contributed by atoms with Gasteiger partial charge >= 0.3 is 0 Å². The fourth-order valence-corrected chi connectivity index (χ4v) is 2.57. The molecule has 0 radical (unpaired) electrons. The quantitative estimate of drug-likeness (QED) is 0.806. The van der Waals surface area contributed by atoms with E-state index in [1.54, 1.807) is 20.8 Å². The van der Waals surface area contributed by atoms with Crippen LogP contribution in [0.3, 0.4) is 0 Å². The molecule has 0 aliphatic rings. The van der Waals surface area contributed by atoms with Gasteiger partial charge in [0.2, 0.25) is 10.0 Å². The van der Waals surface area contributed by atoms with E-state index in [4.69, 9.17) is 0 Å². The van der Waals surface area contributed by atoms with Gasteiger partial charge in [-0.2, -0.15) is 0 Å². The molecule has 0 rings (SSSR count). The Bertz CT molecular complexity index is 276.